The largest absolute Gasteiger partial charge is 0.472 e. The van der Waals surface area contributed by atoms with Gasteiger partial charge in [0.1, 0.15) is 0 Å². The van der Waals surface area contributed by atoms with E-state index in [4.69, 9.17) is 0 Å². The van der Waals surface area contributed by atoms with Crippen LogP contribution in [0.5, 0.6) is 0 Å². The van der Waals surface area contributed by atoms with Crippen molar-refractivity contribution in [2.75, 3.05) is 6.54 Å². The molecule has 0 aliphatic rings. The summed E-state index contributed by atoms with van der Waals surface area (Å²) in [7, 11) is 0. The Morgan fingerprint density at radius 3 is 2.52 bits per heavy atom. The molecule has 1 aromatic rings. The summed E-state index contributed by atoms with van der Waals surface area (Å²) in [5.41, 5.74) is 0.541. The van der Waals surface area contributed by atoms with Crippen LogP contribution in [0.3, 0.4) is 0 Å². The Balaban J connectivity index is 2.87. The summed E-state index contributed by atoms with van der Waals surface area (Å²) in [5.74, 6) is 0.589. The number of benzene rings is 1. The lowest BCUT2D eigenvalue weighted by atomic mass is 10.2. The minimum atomic E-state index is -4.94. The number of amides is 1. The van der Waals surface area contributed by atoms with E-state index in [1.807, 2.05) is 0 Å². The van der Waals surface area contributed by atoms with Crippen molar-refractivity contribution < 1.29 is 18.0 Å². The maximum Gasteiger partial charge on any atom is 0.472 e. The molecule has 0 saturated carbocycles. The van der Waals surface area contributed by atoms with Crippen molar-refractivity contribution in [3.8, 4) is 12.0 Å². The standard InChI is InChI=1S/C16H14F3NO/c1-2-3-4-8-12-20(15(21)16(17,18)19)13-11-14-9-6-5-7-10-14/h2-7,9-10H,1,8,12H2/b4-3+. The summed E-state index contributed by atoms with van der Waals surface area (Å²) in [5, 5.41) is 0. The van der Waals surface area contributed by atoms with Gasteiger partial charge in [-0.3, -0.25) is 9.69 Å². The summed E-state index contributed by atoms with van der Waals surface area (Å²) in [6.45, 7) is 3.32. The van der Waals surface area contributed by atoms with E-state index in [1.165, 1.54) is 6.08 Å². The lowest BCUT2D eigenvalue weighted by Gasteiger charge is -2.16. The van der Waals surface area contributed by atoms with Crippen molar-refractivity contribution in [3.63, 3.8) is 0 Å². The van der Waals surface area contributed by atoms with Gasteiger partial charge in [-0.2, -0.15) is 13.2 Å². The molecule has 0 heterocycles. The van der Waals surface area contributed by atoms with Gasteiger partial charge >= 0.3 is 12.1 Å². The lowest BCUT2D eigenvalue weighted by molar-refractivity contribution is -0.181. The highest BCUT2D eigenvalue weighted by Gasteiger charge is 2.42. The van der Waals surface area contributed by atoms with Crippen LogP contribution in [0.4, 0.5) is 13.2 Å². The van der Waals surface area contributed by atoms with E-state index in [0.717, 1.165) is 0 Å². The van der Waals surface area contributed by atoms with Gasteiger partial charge in [-0.25, -0.2) is 0 Å². The molecule has 5 heteroatoms. The van der Waals surface area contributed by atoms with E-state index >= 15 is 0 Å². The second-order valence-electron chi connectivity index (χ2n) is 4.01. The zero-order valence-electron chi connectivity index (χ0n) is 11.2. The van der Waals surface area contributed by atoms with Crippen LogP contribution >= 0.6 is 0 Å². The van der Waals surface area contributed by atoms with Crippen molar-refractivity contribution >= 4 is 5.91 Å². The normalized spacial score (nSPS) is 10.8. The van der Waals surface area contributed by atoms with Crippen molar-refractivity contribution in [2.45, 2.75) is 12.6 Å². The van der Waals surface area contributed by atoms with Gasteiger partial charge in [0, 0.05) is 18.2 Å². The van der Waals surface area contributed by atoms with Crippen LogP contribution in [-0.2, 0) is 4.79 Å². The molecule has 0 radical (unpaired) electrons. The average Bonchev–Trinajstić information content (AvgIpc) is 2.46. The molecule has 110 valence electrons. The molecule has 0 N–H and O–H groups in total. The van der Waals surface area contributed by atoms with Gasteiger partial charge in [0.05, 0.1) is 0 Å². The number of alkyl halides is 3. The summed E-state index contributed by atoms with van der Waals surface area (Å²) in [6, 6.07) is 10.8. The second-order valence-corrected chi connectivity index (χ2v) is 4.01. The molecular weight excluding hydrogens is 279 g/mol. The first-order chi connectivity index (χ1) is 9.95. The fourth-order valence-corrected chi connectivity index (χ4v) is 1.41. The van der Waals surface area contributed by atoms with E-state index in [9.17, 15) is 18.0 Å². The number of hydrogen-bond acceptors (Lipinski definition) is 1. The van der Waals surface area contributed by atoms with Crippen molar-refractivity contribution in [3.05, 3.63) is 60.7 Å². The van der Waals surface area contributed by atoms with Gasteiger partial charge in [-0.15, -0.1) is 0 Å². The van der Waals surface area contributed by atoms with Gasteiger partial charge in [-0.1, -0.05) is 43.0 Å². The molecule has 2 nitrogen and oxygen atoms in total. The van der Waals surface area contributed by atoms with Crippen molar-refractivity contribution in [1.29, 1.82) is 0 Å². The molecule has 0 aliphatic heterocycles. The molecule has 1 aromatic carbocycles. The predicted octanol–water partition coefficient (Wildman–Crippen LogP) is 3.52. The minimum absolute atomic E-state index is 0.136. The Kier molecular flexibility index (Phi) is 6.28. The van der Waals surface area contributed by atoms with Gasteiger partial charge in [0.2, 0.25) is 0 Å². The first-order valence-corrected chi connectivity index (χ1v) is 6.18. The molecule has 0 bridgehead atoms. The van der Waals surface area contributed by atoms with Gasteiger partial charge < -0.3 is 0 Å². The first kappa shape index (κ1) is 16.6. The number of nitrogens with zero attached hydrogens (tertiary/aromatic N) is 1. The van der Waals surface area contributed by atoms with Crippen LogP contribution < -0.4 is 0 Å². The molecule has 0 aromatic heterocycles. The van der Waals surface area contributed by atoms with Gasteiger partial charge in [0.15, 0.2) is 0 Å². The number of carbonyl (C=O) groups is 1. The zero-order valence-corrected chi connectivity index (χ0v) is 11.2. The molecule has 0 fully saturated rings. The number of allylic oxidation sites excluding steroid dienone is 2. The summed E-state index contributed by atoms with van der Waals surface area (Å²) < 4.78 is 37.5. The summed E-state index contributed by atoms with van der Waals surface area (Å²) in [4.78, 5) is 11.8. The molecule has 0 aliphatic carbocycles. The van der Waals surface area contributed by atoms with Crippen LogP contribution in [0.2, 0.25) is 0 Å². The number of halogens is 3. The third-order valence-electron chi connectivity index (χ3n) is 2.39. The first-order valence-electron chi connectivity index (χ1n) is 6.18. The monoisotopic (exact) mass is 293 g/mol. The zero-order chi connectivity index (χ0) is 15.7. The fraction of sp³-hybridized carbons (Fsp3) is 0.188. The number of carbonyl (C=O) groups excluding carboxylic acids is 1. The van der Waals surface area contributed by atoms with Gasteiger partial charge in [-0.05, 0) is 24.5 Å². The van der Waals surface area contributed by atoms with Crippen LogP contribution in [-0.4, -0.2) is 23.5 Å². The Labute approximate surface area is 121 Å². The van der Waals surface area contributed by atoms with Crippen LogP contribution in [0.1, 0.15) is 12.0 Å². The average molecular weight is 293 g/mol. The minimum Gasteiger partial charge on any atom is -0.263 e. The second kappa shape index (κ2) is 7.95. The SMILES string of the molecule is C=C/C=C/CCN(C#Cc1ccccc1)C(=O)C(F)(F)F. The maximum atomic E-state index is 12.5. The summed E-state index contributed by atoms with van der Waals surface area (Å²) in [6.07, 6.45) is 0.0467. The predicted molar refractivity (Wildman–Crippen MR) is 75.0 cm³/mol. The number of hydrogen-bond donors (Lipinski definition) is 0. The van der Waals surface area contributed by atoms with E-state index in [-0.39, 0.29) is 13.0 Å². The third-order valence-corrected chi connectivity index (χ3v) is 2.39. The Morgan fingerprint density at radius 1 is 1.29 bits per heavy atom. The summed E-state index contributed by atoms with van der Waals surface area (Å²) >= 11 is 0. The molecule has 0 saturated heterocycles. The Morgan fingerprint density at radius 2 is 1.95 bits per heavy atom. The van der Waals surface area contributed by atoms with Crippen molar-refractivity contribution in [1.82, 2.24) is 4.90 Å². The molecule has 0 unspecified atom stereocenters. The smallest absolute Gasteiger partial charge is 0.263 e. The highest BCUT2D eigenvalue weighted by molar-refractivity contribution is 5.83. The van der Waals surface area contributed by atoms with Crippen molar-refractivity contribution in [2.24, 2.45) is 0 Å². The molecular formula is C16H14F3NO. The van der Waals surface area contributed by atoms with Gasteiger partial charge in [0.25, 0.3) is 0 Å². The molecule has 1 rings (SSSR count). The Bertz CT molecular complexity index is 565. The van der Waals surface area contributed by atoms with E-state index in [2.05, 4.69) is 18.5 Å². The maximum absolute atomic E-state index is 12.5. The van der Waals surface area contributed by atoms with E-state index in [1.54, 1.807) is 42.5 Å². The number of rotatable bonds is 4. The molecule has 1 amide bonds. The third kappa shape index (κ3) is 6.00. The van der Waals surface area contributed by atoms with Crippen LogP contribution in [0.25, 0.3) is 0 Å². The fourth-order valence-electron chi connectivity index (χ4n) is 1.41. The highest BCUT2D eigenvalue weighted by Crippen LogP contribution is 2.18. The lowest BCUT2D eigenvalue weighted by Crippen LogP contribution is -2.38. The van der Waals surface area contributed by atoms with Crippen LogP contribution in [0.15, 0.2) is 55.1 Å². The Hall–Kier alpha value is -2.48. The quantitative estimate of drug-likeness (QED) is 0.472. The van der Waals surface area contributed by atoms with E-state index < -0.39 is 12.1 Å². The van der Waals surface area contributed by atoms with E-state index in [0.29, 0.717) is 10.5 Å². The topological polar surface area (TPSA) is 20.3 Å². The molecule has 0 spiro atoms. The van der Waals surface area contributed by atoms with Crippen LogP contribution in [0, 0.1) is 12.0 Å². The highest BCUT2D eigenvalue weighted by atomic mass is 19.4. The molecule has 0 atom stereocenters. The molecule has 21 heavy (non-hydrogen) atoms.